The third kappa shape index (κ3) is 14.6. The third-order valence-electron chi connectivity index (χ3n) is 10.2. The number of carbonyl (C=O) groups is 5. The molecule has 1 aliphatic rings. The van der Waals surface area contributed by atoms with Gasteiger partial charge in [-0.15, -0.1) is 0 Å². The largest absolute Gasteiger partial charge is 0.475 e. The van der Waals surface area contributed by atoms with Crippen molar-refractivity contribution in [1.29, 1.82) is 0 Å². The Balaban J connectivity index is 0.000000194. The number of pyridine rings is 3. The molecule has 4 N–H and O–H groups in total. The number of hydrogen-bond acceptors (Lipinski definition) is 13. The van der Waals surface area contributed by atoms with E-state index in [1.807, 2.05) is 111 Å². The zero-order valence-electron chi connectivity index (χ0n) is 39.6. The average Bonchev–Trinajstić information content (AvgIpc) is 3.72. The van der Waals surface area contributed by atoms with Gasteiger partial charge in [-0.25, -0.2) is 9.79 Å². The van der Waals surface area contributed by atoms with Gasteiger partial charge in [0.15, 0.2) is 0 Å². The standard InChI is InChI=1S/C20H22N2O3.C18H18N2O3.C16H16N2O3/c1-4-24-18(23)10-15-12-21-17(14-8-6-5-7-9-14)11-16(15)19-22-20(2,3)13-25-19;1-3-13(18(22)23-4-2)15-11-20-16(10-14(15)17(19)21)12-8-6-5-7-9-12;1-2-21-15(19)8-12-10-18-14(9-13(12)16(17)20)11-6-4-3-5-7-11/h5-9,11-12H,4,10,13H2,1-3H3;3,5-11H,4H2,1-2H3,(H2,19,21);3-7,9-10H,2,8H2,1H3,(H2,17,20)/b;13-3-;. The van der Waals surface area contributed by atoms with Gasteiger partial charge in [-0.2, -0.15) is 0 Å². The zero-order chi connectivity index (χ0) is 49.9. The lowest BCUT2D eigenvalue weighted by atomic mass is 9.99. The molecule has 0 saturated carbocycles. The second kappa shape index (κ2) is 25.0. The summed E-state index contributed by atoms with van der Waals surface area (Å²) in [4.78, 5) is 76.7. The smallest absolute Gasteiger partial charge is 0.338 e. The van der Waals surface area contributed by atoms with Gasteiger partial charge in [0.25, 0.3) is 0 Å². The molecule has 356 valence electrons. The van der Waals surface area contributed by atoms with E-state index in [4.69, 9.17) is 30.4 Å². The fourth-order valence-electron chi connectivity index (χ4n) is 6.90. The van der Waals surface area contributed by atoms with Crippen LogP contribution < -0.4 is 11.5 Å². The fraction of sp³-hybridized carbons (Fsp3) is 0.241. The van der Waals surface area contributed by atoms with Gasteiger partial charge >= 0.3 is 17.9 Å². The van der Waals surface area contributed by atoms with Crippen molar-refractivity contribution in [2.45, 2.75) is 59.9 Å². The summed E-state index contributed by atoms with van der Waals surface area (Å²) in [5.74, 6) is -1.85. The minimum atomic E-state index is -0.622. The molecule has 4 heterocycles. The molecule has 0 bridgehead atoms. The van der Waals surface area contributed by atoms with Crippen LogP contribution in [0.5, 0.6) is 0 Å². The monoisotopic (exact) mass is 932 g/mol. The quantitative estimate of drug-likeness (QED) is 0.0565. The number of esters is 3. The van der Waals surface area contributed by atoms with Gasteiger partial charge < -0.3 is 30.4 Å². The van der Waals surface area contributed by atoms with Crippen LogP contribution in [-0.2, 0) is 46.2 Å². The highest BCUT2D eigenvalue weighted by molar-refractivity contribution is 6.19. The minimum absolute atomic E-state index is 0.0197. The van der Waals surface area contributed by atoms with Crippen molar-refractivity contribution < 1.29 is 42.9 Å². The molecule has 0 radical (unpaired) electrons. The Morgan fingerprint density at radius 1 is 0.594 bits per heavy atom. The summed E-state index contributed by atoms with van der Waals surface area (Å²) in [6, 6.07) is 33.9. The lowest BCUT2D eigenvalue weighted by Gasteiger charge is -2.11. The molecule has 6 aromatic rings. The normalized spacial score (nSPS) is 12.4. The molecular formula is C54H56N6O9. The molecule has 69 heavy (non-hydrogen) atoms. The lowest BCUT2D eigenvalue weighted by molar-refractivity contribution is -0.143. The van der Waals surface area contributed by atoms with Crippen LogP contribution in [0.2, 0.25) is 0 Å². The van der Waals surface area contributed by atoms with Crippen LogP contribution in [0.25, 0.3) is 39.3 Å². The SMILES string of the molecule is C/C=C(\C(=O)OCC)c1cnc(-c2ccccc2)cc1C(N)=O.CCOC(=O)Cc1cnc(-c2ccccc2)cc1C(N)=O.CCOC(=O)Cc1cnc(-c2ccccc2)cc1C1=NC(C)(C)CO1. The molecular weight excluding hydrogens is 877 g/mol. The molecule has 0 spiro atoms. The van der Waals surface area contributed by atoms with Crippen LogP contribution in [0.3, 0.4) is 0 Å². The molecule has 3 aromatic carbocycles. The zero-order valence-corrected chi connectivity index (χ0v) is 39.6. The van der Waals surface area contributed by atoms with Crippen molar-refractivity contribution in [1.82, 2.24) is 15.0 Å². The second-order valence-corrected chi connectivity index (χ2v) is 15.8. The van der Waals surface area contributed by atoms with Crippen molar-refractivity contribution in [3.05, 3.63) is 167 Å². The van der Waals surface area contributed by atoms with Crippen LogP contribution in [0.4, 0.5) is 0 Å². The number of allylic oxidation sites excluding steroid dienone is 1. The number of nitrogens with zero attached hydrogens (tertiary/aromatic N) is 4. The number of nitrogens with two attached hydrogens (primary N) is 2. The van der Waals surface area contributed by atoms with Gasteiger partial charge in [0.2, 0.25) is 17.7 Å². The second-order valence-electron chi connectivity index (χ2n) is 15.8. The first kappa shape index (κ1) is 51.7. The van der Waals surface area contributed by atoms with Gasteiger partial charge in [-0.3, -0.25) is 34.1 Å². The Bertz CT molecular complexity index is 2810. The molecule has 2 amide bonds. The third-order valence-corrected chi connectivity index (χ3v) is 10.2. The van der Waals surface area contributed by atoms with Crippen LogP contribution in [-0.4, -0.2) is 82.5 Å². The molecule has 0 saturated heterocycles. The topological polar surface area (TPSA) is 225 Å². The Kier molecular flexibility index (Phi) is 18.7. The maximum Gasteiger partial charge on any atom is 0.338 e. The van der Waals surface area contributed by atoms with E-state index in [0.717, 1.165) is 33.5 Å². The van der Waals surface area contributed by atoms with E-state index in [-0.39, 0.29) is 47.7 Å². The molecule has 7 rings (SSSR count). The number of benzene rings is 3. The minimum Gasteiger partial charge on any atom is -0.475 e. The number of ether oxygens (including phenoxy) is 4. The molecule has 15 heteroatoms. The summed E-state index contributed by atoms with van der Waals surface area (Å²) in [6.45, 7) is 12.4. The van der Waals surface area contributed by atoms with Crippen LogP contribution in [0, 0.1) is 0 Å². The van der Waals surface area contributed by atoms with Crippen molar-refractivity contribution in [3.63, 3.8) is 0 Å². The van der Waals surface area contributed by atoms with Gasteiger partial charge in [0, 0.05) is 52.0 Å². The summed E-state index contributed by atoms with van der Waals surface area (Å²) in [5.41, 5.74) is 18.6. The summed E-state index contributed by atoms with van der Waals surface area (Å²) < 4.78 is 20.8. The van der Waals surface area contributed by atoms with Gasteiger partial charge in [0.1, 0.15) is 6.61 Å². The summed E-state index contributed by atoms with van der Waals surface area (Å²) >= 11 is 0. The van der Waals surface area contributed by atoms with E-state index < -0.39 is 23.8 Å². The molecule has 0 fully saturated rings. The van der Waals surface area contributed by atoms with Crippen molar-refractivity contribution in [2.24, 2.45) is 16.5 Å². The summed E-state index contributed by atoms with van der Waals surface area (Å²) in [5, 5.41) is 0. The first-order valence-corrected chi connectivity index (χ1v) is 22.3. The van der Waals surface area contributed by atoms with Gasteiger partial charge in [0.05, 0.1) is 66.4 Å². The number of rotatable bonds is 15. The maximum absolute atomic E-state index is 12.0. The molecule has 1 aliphatic heterocycles. The van der Waals surface area contributed by atoms with Crippen LogP contribution >= 0.6 is 0 Å². The van der Waals surface area contributed by atoms with Crippen LogP contribution in [0.1, 0.15) is 84.5 Å². The highest BCUT2D eigenvalue weighted by Crippen LogP contribution is 2.28. The van der Waals surface area contributed by atoms with E-state index in [1.54, 1.807) is 52.1 Å². The molecule has 0 atom stereocenters. The van der Waals surface area contributed by atoms with E-state index in [9.17, 15) is 24.0 Å². The molecule has 0 unspecified atom stereocenters. The van der Waals surface area contributed by atoms with E-state index in [1.165, 1.54) is 12.4 Å². The molecule has 15 nitrogen and oxygen atoms in total. The Morgan fingerprint density at radius 2 is 1.03 bits per heavy atom. The number of primary amides is 2. The number of hydrogen-bond donors (Lipinski definition) is 2. The number of aliphatic imine (C=N–C) groups is 1. The Morgan fingerprint density at radius 3 is 1.46 bits per heavy atom. The van der Waals surface area contributed by atoms with E-state index in [2.05, 4.69) is 19.9 Å². The first-order chi connectivity index (χ1) is 33.2. The Hall–Kier alpha value is -8.33. The van der Waals surface area contributed by atoms with Crippen molar-refractivity contribution in [2.75, 3.05) is 26.4 Å². The van der Waals surface area contributed by atoms with Crippen LogP contribution in [0.15, 0.2) is 139 Å². The summed E-state index contributed by atoms with van der Waals surface area (Å²) in [6.07, 6.45) is 6.41. The average molecular weight is 933 g/mol. The summed E-state index contributed by atoms with van der Waals surface area (Å²) in [7, 11) is 0. The predicted molar refractivity (Wildman–Crippen MR) is 264 cm³/mol. The van der Waals surface area contributed by atoms with Crippen molar-refractivity contribution >= 4 is 41.2 Å². The highest BCUT2D eigenvalue weighted by Gasteiger charge is 2.29. The van der Waals surface area contributed by atoms with E-state index in [0.29, 0.717) is 48.2 Å². The van der Waals surface area contributed by atoms with E-state index >= 15 is 0 Å². The lowest BCUT2D eigenvalue weighted by Crippen LogP contribution is -2.17. The van der Waals surface area contributed by atoms with Crippen molar-refractivity contribution in [3.8, 4) is 33.8 Å². The number of aromatic nitrogens is 3. The fourth-order valence-corrected chi connectivity index (χ4v) is 6.90. The highest BCUT2D eigenvalue weighted by atomic mass is 16.5. The Labute approximate surface area is 401 Å². The number of carbonyl (C=O) groups excluding carboxylic acids is 5. The molecule has 3 aromatic heterocycles. The predicted octanol–water partition coefficient (Wildman–Crippen LogP) is 8.18. The first-order valence-electron chi connectivity index (χ1n) is 22.3. The number of amides is 2. The molecule has 0 aliphatic carbocycles. The van der Waals surface area contributed by atoms with Gasteiger partial charge in [-0.1, -0.05) is 97.1 Å². The maximum atomic E-state index is 12.0. The van der Waals surface area contributed by atoms with Gasteiger partial charge in [-0.05, 0) is 70.9 Å².